The molecule has 3 aromatic rings. The van der Waals surface area contributed by atoms with Gasteiger partial charge in [0.1, 0.15) is 5.75 Å². The molecule has 4 rings (SSSR count). The Hall–Kier alpha value is -3.73. The Bertz CT molecular complexity index is 1190. The van der Waals surface area contributed by atoms with Crippen LogP contribution in [0.2, 0.25) is 0 Å². The summed E-state index contributed by atoms with van der Waals surface area (Å²) >= 11 is 1.38. The zero-order valence-corrected chi connectivity index (χ0v) is 21.5. The van der Waals surface area contributed by atoms with Gasteiger partial charge in [0.15, 0.2) is 5.13 Å². The number of nitrogens with zero attached hydrogens (tertiary/aromatic N) is 4. The minimum absolute atomic E-state index is 0.0781. The van der Waals surface area contributed by atoms with Crippen LogP contribution in [0.15, 0.2) is 42.0 Å². The molecule has 11 heteroatoms. The smallest absolute Gasteiger partial charge is 0.321 e. The molecule has 36 heavy (non-hydrogen) atoms. The van der Waals surface area contributed by atoms with Crippen molar-refractivity contribution in [1.82, 2.24) is 20.3 Å². The average molecular weight is 510 g/mol. The standard InChI is InChI=1S/C25H31N7O3S/c1-25(2,18-4-6-19(35-3)7-5-18)20-15-36-24(30-20)31-23(34)29-14-16-12-27-22(28-13-16)32-10-8-17(9-11-32)21(26)33/h4-7,12-13,15,17H,8-11,14H2,1-3H3,(H2,26,33)(H2,29,30,31,34). The monoisotopic (exact) mass is 509 g/mol. The molecule has 1 aliphatic heterocycles. The molecule has 3 amide bonds. The molecule has 10 nitrogen and oxygen atoms in total. The number of methoxy groups -OCH3 is 1. The Morgan fingerprint density at radius 2 is 1.83 bits per heavy atom. The number of anilines is 2. The molecule has 3 heterocycles. The van der Waals surface area contributed by atoms with Crippen LogP contribution in [0, 0.1) is 5.92 Å². The van der Waals surface area contributed by atoms with Crippen molar-refractivity contribution in [1.29, 1.82) is 0 Å². The van der Waals surface area contributed by atoms with Crippen LogP contribution in [0.4, 0.5) is 15.9 Å². The Labute approximate surface area is 214 Å². The lowest BCUT2D eigenvalue weighted by Gasteiger charge is -2.30. The number of thiazole rings is 1. The van der Waals surface area contributed by atoms with E-state index in [0.29, 0.717) is 37.0 Å². The topological polar surface area (TPSA) is 135 Å². The number of amides is 3. The number of nitrogens with two attached hydrogens (primary N) is 1. The van der Waals surface area contributed by atoms with E-state index in [1.165, 1.54) is 11.3 Å². The van der Waals surface area contributed by atoms with Crippen LogP contribution in [0.25, 0.3) is 0 Å². The SMILES string of the molecule is COc1ccc(C(C)(C)c2csc(NC(=O)NCc3cnc(N4CCC(C(N)=O)CC4)nc3)n2)cc1. The summed E-state index contributed by atoms with van der Waals surface area (Å²) in [5, 5.41) is 8.10. The van der Waals surface area contributed by atoms with Crippen molar-refractivity contribution in [3.05, 3.63) is 58.9 Å². The molecular weight excluding hydrogens is 478 g/mol. The summed E-state index contributed by atoms with van der Waals surface area (Å²) in [6, 6.07) is 7.55. The number of aromatic nitrogens is 3. The molecule has 2 aromatic heterocycles. The average Bonchev–Trinajstić information content (AvgIpc) is 3.37. The van der Waals surface area contributed by atoms with Gasteiger partial charge in [-0.2, -0.15) is 0 Å². The number of piperidine rings is 1. The van der Waals surface area contributed by atoms with Gasteiger partial charge in [0, 0.05) is 54.3 Å². The van der Waals surface area contributed by atoms with Crippen molar-refractivity contribution in [3.8, 4) is 5.75 Å². The summed E-state index contributed by atoms with van der Waals surface area (Å²) in [7, 11) is 1.64. The number of hydrogen-bond acceptors (Lipinski definition) is 8. The molecule has 1 saturated heterocycles. The van der Waals surface area contributed by atoms with Crippen LogP contribution in [-0.2, 0) is 16.8 Å². The van der Waals surface area contributed by atoms with E-state index in [2.05, 4.69) is 39.4 Å². The first kappa shape index (κ1) is 25.4. The van der Waals surface area contributed by atoms with E-state index in [4.69, 9.17) is 10.5 Å². The predicted octanol–water partition coefficient (Wildman–Crippen LogP) is 3.29. The third-order valence-electron chi connectivity index (χ3n) is 6.50. The quantitative estimate of drug-likeness (QED) is 0.424. The summed E-state index contributed by atoms with van der Waals surface area (Å²) in [5.41, 5.74) is 7.82. The molecule has 1 aromatic carbocycles. The molecule has 0 saturated carbocycles. The van der Waals surface area contributed by atoms with Crippen LogP contribution in [0.3, 0.4) is 0 Å². The molecule has 1 fully saturated rings. The maximum Gasteiger partial charge on any atom is 0.321 e. The lowest BCUT2D eigenvalue weighted by molar-refractivity contribution is -0.122. The van der Waals surface area contributed by atoms with Crippen LogP contribution < -0.4 is 26.0 Å². The molecule has 0 atom stereocenters. The minimum Gasteiger partial charge on any atom is -0.497 e. The lowest BCUT2D eigenvalue weighted by atomic mass is 9.82. The Kier molecular flexibility index (Phi) is 7.68. The first-order valence-corrected chi connectivity index (χ1v) is 12.6. The molecule has 0 unspecified atom stereocenters. The van der Waals surface area contributed by atoms with E-state index in [-0.39, 0.29) is 29.8 Å². The van der Waals surface area contributed by atoms with Gasteiger partial charge in [-0.15, -0.1) is 11.3 Å². The highest BCUT2D eigenvalue weighted by Gasteiger charge is 2.27. The maximum atomic E-state index is 12.4. The van der Waals surface area contributed by atoms with Crippen molar-refractivity contribution in [2.75, 3.05) is 30.4 Å². The minimum atomic E-state index is -0.351. The highest BCUT2D eigenvalue weighted by atomic mass is 32.1. The van der Waals surface area contributed by atoms with Crippen LogP contribution in [-0.4, -0.2) is 47.1 Å². The summed E-state index contributed by atoms with van der Waals surface area (Å²) in [4.78, 5) is 39.3. The van der Waals surface area contributed by atoms with E-state index in [1.807, 2.05) is 34.5 Å². The highest BCUT2D eigenvalue weighted by molar-refractivity contribution is 7.13. The Morgan fingerprint density at radius 1 is 1.17 bits per heavy atom. The first-order valence-electron chi connectivity index (χ1n) is 11.8. The van der Waals surface area contributed by atoms with E-state index >= 15 is 0 Å². The number of carbonyl (C=O) groups is 2. The molecule has 1 aliphatic rings. The van der Waals surface area contributed by atoms with Crippen molar-refractivity contribution in [2.24, 2.45) is 11.7 Å². The van der Waals surface area contributed by atoms with Crippen molar-refractivity contribution in [3.63, 3.8) is 0 Å². The number of rotatable bonds is 8. The summed E-state index contributed by atoms with van der Waals surface area (Å²) in [6.45, 7) is 5.86. The van der Waals surface area contributed by atoms with Gasteiger partial charge >= 0.3 is 6.03 Å². The van der Waals surface area contributed by atoms with Crippen molar-refractivity contribution >= 4 is 34.4 Å². The van der Waals surface area contributed by atoms with Gasteiger partial charge in [0.05, 0.1) is 12.8 Å². The van der Waals surface area contributed by atoms with Crippen molar-refractivity contribution < 1.29 is 14.3 Å². The zero-order valence-electron chi connectivity index (χ0n) is 20.7. The predicted molar refractivity (Wildman–Crippen MR) is 139 cm³/mol. The number of benzene rings is 1. The van der Waals surface area contributed by atoms with Crippen molar-refractivity contribution in [2.45, 2.75) is 38.6 Å². The summed E-state index contributed by atoms with van der Waals surface area (Å²) < 4.78 is 5.24. The number of hydrogen-bond donors (Lipinski definition) is 3. The molecule has 0 bridgehead atoms. The molecule has 4 N–H and O–H groups in total. The third kappa shape index (κ3) is 5.91. The molecule has 0 spiro atoms. The van der Waals surface area contributed by atoms with E-state index in [1.54, 1.807) is 19.5 Å². The van der Waals surface area contributed by atoms with Gasteiger partial charge in [-0.1, -0.05) is 26.0 Å². The third-order valence-corrected chi connectivity index (χ3v) is 7.26. The summed E-state index contributed by atoms with van der Waals surface area (Å²) in [6.07, 6.45) is 4.80. The van der Waals surface area contributed by atoms with Gasteiger partial charge in [-0.25, -0.2) is 19.7 Å². The van der Waals surface area contributed by atoms with E-state index in [0.717, 1.165) is 22.6 Å². The molecule has 0 radical (unpaired) electrons. The van der Waals surface area contributed by atoms with Gasteiger partial charge < -0.3 is 20.7 Å². The van der Waals surface area contributed by atoms with Crippen LogP contribution in [0.5, 0.6) is 5.75 Å². The lowest BCUT2D eigenvalue weighted by Crippen LogP contribution is -2.39. The number of primary amides is 1. The van der Waals surface area contributed by atoms with Crippen LogP contribution in [0.1, 0.15) is 43.5 Å². The Balaban J connectivity index is 1.28. The molecular formula is C25H31N7O3S. The fourth-order valence-electron chi connectivity index (χ4n) is 4.06. The molecule has 190 valence electrons. The van der Waals surface area contributed by atoms with E-state index < -0.39 is 0 Å². The largest absolute Gasteiger partial charge is 0.497 e. The van der Waals surface area contributed by atoms with Gasteiger partial charge in [0.25, 0.3) is 0 Å². The fourth-order valence-corrected chi connectivity index (χ4v) is 4.94. The Morgan fingerprint density at radius 3 is 2.44 bits per heavy atom. The second kappa shape index (κ2) is 10.9. The molecule has 0 aliphatic carbocycles. The maximum absolute atomic E-state index is 12.4. The second-order valence-corrected chi connectivity index (χ2v) is 10.1. The number of carbonyl (C=O) groups excluding carboxylic acids is 2. The highest BCUT2D eigenvalue weighted by Crippen LogP contribution is 2.34. The van der Waals surface area contributed by atoms with Crippen LogP contribution >= 0.6 is 11.3 Å². The van der Waals surface area contributed by atoms with Gasteiger partial charge in [-0.05, 0) is 30.5 Å². The zero-order chi connectivity index (χ0) is 25.7. The first-order chi connectivity index (χ1) is 17.3. The van der Waals surface area contributed by atoms with Gasteiger partial charge in [0.2, 0.25) is 11.9 Å². The summed E-state index contributed by atoms with van der Waals surface area (Å²) in [5.74, 6) is 1.09. The number of nitrogens with one attached hydrogen (secondary N) is 2. The second-order valence-electron chi connectivity index (χ2n) is 9.25. The number of ether oxygens (including phenoxy) is 1. The van der Waals surface area contributed by atoms with Gasteiger partial charge in [-0.3, -0.25) is 10.1 Å². The number of urea groups is 1. The fraction of sp³-hybridized carbons (Fsp3) is 0.400. The van der Waals surface area contributed by atoms with E-state index in [9.17, 15) is 9.59 Å². The normalized spacial score (nSPS) is 14.4.